The van der Waals surface area contributed by atoms with Crippen molar-refractivity contribution in [3.05, 3.63) is 181 Å². The van der Waals surface area contributed by atoms with Gasteiger partial charge >= 0.3 is 0 Å². The van der Waals surface area contributed by atoms with Crippen molar-refractivity contribution in [2.75, 3.05) is 33.9 Å². The van der Waals surface area contributed by atoms with Gasteiger partial charge in [-0.15, -0.1) is 5.10 Å². The largest absolute Gasteiger partial charge is 0.496 e. The van der Waals surface area contributed by atoms with Crippen molar-refractivity contribution < 1.29 is 19.1 Å². The molecule has 4 aromatic heterocycles. The third-order valence-corrected chi connectivity index (χ3v) is 10.2. The summed E-state index contributed by atoms with van der Waals surface area (Å²) in [5.74, 6) is 3.21. The molecule has 0 spiro atoms. The topological polar surface area (TPSA) is 180 Å². The van der Waals surface area contributed by atoms with Gasteiger partial charge in [-0.1, -0.05) is 106 Å². The van der Waals surface area contributed by atoms with Crippen molar-refractivity contribution >= 4 is 22.8 Å². The number of aromatic nitrogens is 10. The minimum Gasteiger partial charge on any atom is -0.496 e. The molecule has 4 aromatic carbocycles. The number of carbonyl (C=O) groups is 2. The predicted molar refractivity (Wildman–Crippen MR) is 256 cm³/mol. The van der Waals surface area contributed by atoms with E-state index in [9.17, 15) is 9.59 Å². The summed E-state index contributed by atoms with van der Waals surface area (Å²) < 4.78 is 11.6. The fourth-order valence-corrected chi connectivity index (χ4v) is 6.53. The van der Waals surface area contributed by atoms with Crippen LogP contribution in [0.1, 0.15) is 64.3 Å². The smallest absolute Gasteiger partial charge is 0.283 e. The number of H-pyrrole nitrogens is 1. The summed E-state index contributed by atoms with van der Waals surface area (Å²) in [6.45, 7) is 10.1. The van der Waals surface area contributed by atoms with Gasteiger partial charge in [0.05, 0.1) is 36.5 Å². The number of carbonyl (C=O) groups excluding carboxylic acids is 2. The van der Waals surface area contributed by atoms with Crippen LogP contribution in [0, 0.1) is 0 Å². The fraction of sp³-hybridized carbons (Fsp3) is 0.240. The van der Waals surface area contributed by atoms with Gasteiger partial charge < -0.3 is 14.4 Å². The molecule has 0 aliphatic carbocycles. The number of nitrogens with one attached hydrogen (secondary N) is 1. The zero-order valence-corrected chi connectivity index (χ0v) is 38.5. The minimum atomic E-state index is -0.498. The average Bonchev–Trinajstić information content (AvgIpc) is 4.05. The van der Waals surface area contributed by atoms with Crippen LogP contribution in [0.2, 0.25) is 0 Å². The van der Waals surface area contributed by atoms with Gasteiger partial charge in [0.25, 0.3) is 11.1 Å². The highest BCUT2D eigenvalue weighted by Crippen LogP contribution is 2.22. The Morgan fingerprint density at radius 1 is 0.591 bits per heavy atom. The lowest BCUT2D eigenvalue weighted by molar-refractivity contribution is 0.0937. The van der Waals surface area contributed by atoms with Crippen LogP contribution in [0.5, 0.6) is 11.5 Å². The molecule has 8 aromatic rings. The molecule has 0 amide bonds. The van der Waals surface area contributed by atoms with Crippen LogP contribution in [0.15, 0.2) is 147 Å². The molecule has 0 aliphatic heterocycles. The Bertz CT molecular complexity index is 2640. The van der Waals surface area contributed by atoms with Gasteiger partial charge in [-0.05, 0) is 79.5 Å². The van der Waals surface area contributed by atoms with Crippen LogP contribution < -0.4 is 9.47 Å². The maximum Gasteiger partial charge on any atom is 0.283 e. The summed E-state index contributed by atoms with van der Waals surface area (Å²) in [7, 11) is 3.04. The quantitative estimate of drug-likeness (QED) is 0.0967. The highest BCUT2D eigenvalue weighted by molar-refractivity contribution is 6.68. The fourth-order valence-electron chi connectivity index (χ4n) is 6.38. The molecule has 8 rings (SSSR count). The Labute approximate surface area is 390 Å². The van der Waals surface area contributed by atoms with E-state index in [-0.39, 0.29) is 5.91 Å². The average molecular weight is 909 g/mol. The Morgan fingerprint density at radius 2 is 1.06 bits per heavy atom. The highest BCUT2D eigenvalue weighted by atomic mass is 35.5. The van der Waals surface area contributed by atoms with Gasteiger partial charge in [0.2, 0.25) is 0 Å². The van der Waals surface area contributed by atoms with Crippen molar-refractivity contribution in [2.45, 2.75) is 46.5 Å². The van der Waals surface area contributed by atoms with Crippen molar-refractivity contribution in [1.29, 1.82) is 0 Å². The Kier molecular flexibility index (Phi) is 20.2. The Balaban J connectivity index is 0.000000188. The van der Waals surface area contributed by atoms with Gasteiger partial charge in [-0.25, -0.2) is 29.9 Å². The molecule has 66 heavy (non-hydrogen) atoms. The summed E-state index contributed by atoms with van der Waals surface area (Å²) in [4.78, 5) is 51.3. The van der Waals surface area contributed by atoms with Gasteiger partial charge in [0.1, 0.15) is 35.8 Å². The number of benzene rings is 4. The Hall–Kier alpha value is -7.49. The van der Waals surface area contributed by atoms with Crippen LogP contribution in [-0.4, -0.2) is 99.8 Å². The molecule has 4 heterocycles. The molecule has 0 bridgehead atoms. The zero-order chi connectivity index (χ0) is 46.9. The molecule has 340 valence electrons. The first-order chi connectivity index (χ1) is 32.3. The van der Waals surface area contributed by atoms with E-state index < -0.39 is 5.24 Å². The third-order valence-electron chi connectivity index (χ3n) is 10.0. The van der Waals surface area contributed by atoms with Crippen LogP contribution >= 0.6 is 11.6 Å². The molecule has 0 atom stereocenters. The molecule has 0 fully saturated rings. The first-order valence-electron chi connectivity index (χ1n) is 21.5. The summed E-state index contributed by atoms with van der Waals surface area (Å²) in [6.07, 6.45) is 12.7. The van der Waals surface area contributed by atoms with Crippen molar-refractivity contribution in [3.63, 3.8) is 0 Å². The molecular formula is C50H54ClN11O4. The van der Waals surface area contributed by atoms with E-state index >= 15 is 0 Å². The molecule has 0 radical (unpaired) electrons. The number of aryl methyl sites for hydroxylation is 4. The molecule has 1 N–H and O–H groups in total. The number of rotatable bonds is 15. The number of hydrogen-bond donors (Lipinski definition) is 1. The Morgan fingerprint density at radius 3 is 1.55 bits per heavy atom. The first-order valence-corrected chi connectivity index (χ1v) is 21.8. The second-order valence-corrected chi connectivity index (χ2v) is 14.5. The second kappa shape index (κ2) is 27.0. The summed E-state index contributed by atoms with van der Waals surface area (Å²) >= 11 is 5.27. The van der Waals surface area contributed by atoms with Crippen LogP contribution in [0.25, 0.3) is 22.8 Å². The van der Waals surface area contributed by atoms with E-state index in [2.05, 4.69) is 95.1 Å². The summed E-state index contributed by atoms with van der Waals surface area (Å²) in [5.41, 5.74) is 4.76. The van der Waals surface area contributed by atoms with Crippen molar-refractivity contribution in [1.82, 2.24) is 54.8 Å². The van der Waals surface area contributed by atoms with E-state index in [4.69, 9.17) is 21.1 Å². The van der Waals surface area contributed by atoms with Gasteiger partial charge in [0.15, 0.2) is 11.6 Å². The van der Waals surface area contributed by atoms with Gasteiger partial charge in [0, 0.05) is 37.6 Å². The number of hydrogen-bond acceptors (Lipinski definition) is 13. The third kappa shape index (κ3) is 15.1. The molecule has 0 saturated carbocycles. The SMILES string of the molecule is CCN(CC)CC.COc1ccccc1C(=O)Cl.COc1ccccc1C(=O)n1nc(-c2cncnc2)nc1CCc1ccccc1.c1ccc(CCc2nc(-c3cncnc3)n[nH]2)cc1. The van der Waals surface area contributed by atoms with E-state index in [0.717, 1.165) is 36.2 Å². The molecule has 0 unspecified atom stereocenters. The van der Waals surface area contributed by atoms with E-state index in [1.807, 2.05) is 42.5 Å². The number of nitrogens with zero attached hydrogens (tertiary/aromatic N) is 10. The maximum atomic E-state index is 13.3. The number of methoxy groups -OCH3 is 2. The number of halogens is 1. The van der Waals surface area contributed by atoms with Crippen molar-refractivity contribution in [3.8, 4) is 34.3 Å². The van der Waals surface area contributed by atoms with E-state index in [1.165, 1.54) is 56.8 Å². The van der Waals surface area contributed by atoms with Gasteiger partial charge in [-0.3, -0.25) is 14.7 Å². The highest BCUT2D eigenvalue weighted by Gasteiger charge is 2.21. The van der Waals surface area contributed by atoms with Crippen molar-refractivity contribution in [2.24, 2.45) is 0 Å². The van der Waals surface area contributed by atoms with Crippen LogP contribution in [-0.2, 0) is 25.7 Å². The minimum absolute atomic E-state index is 0.291. The predicted octanol–water partition coefficient (Wildman–Crippen LogP) is 8.69. The first kappa shape index (κ1) is 49.5. The summed E-state index contributed by atoms with van der Waals surface area (Å²) in [5, 5.41) is 11.1. The van der Waals surface area contributed by atoms with Gasteiger partial charge in [-0.2, -0.15) is 9.78 Å². The molecule has 15 nitrogen and oxygen atoms in total. The maximum absolute atomic E-state index is 13.3. The van der Waals surface area contributed by atoms with E-state index in [1.54, 1.807) is 67.3 Å². The lowest BCUT2D eigenvalue weighted by Crippen LogP contribution is -2.21. The lowest BCUT2D eigenvalue weighted by Gasteiger charge is -2.13. The second-order valence-electron chi connectivity index (χ2n) is 14.2. The standard InChI is InChI=1S/C22H19N5O2.C14H13N5.C8H7ClO2.C6H15N/c1-29-19-10-6-5-9-18(19)22(28)27-20(12-11-16-7-3-2-4-8-16)25-21(26-27)17-13-23-15-24-14-17;1-2-4-11(5-3-1)6-7-13-17-14(19-18-13)12-8-15-10-16-9-12;1-11-7-5-3-2-4-6(7)8(9)10;1-4-7(5-2)6-3/h2-10,13-15H,11-12H2,1H3;1-5,8-10H,6-7H2,(H,17,18,19);2-5H,1H3;4-6H2,1-3H3. The number of aromatic amines is 1. The molecule has 0 saturated heterocycles. The number of ether oxygens (including phenoxy) is 2. The zero-order valence-electron chi connectivity index (χ0n) is 37.8. The van der Waals surface area contributed by atoms with Crippen LogP contribution in [0.4, 0.5) is 0 Å². The van der Waals surface area contributed by atoms with E-state index in [0.29, 0.717) is 52.1 Å². The molecule has 16 heteroatoms. The lowest BCUT2D eigenvalue weighted by atomic mass is 10.1. The number of para-hydroxylation sites is 2. The molecule has 0 aliphatic rings. The summed E-state index contributed by atoms with van der Waals surface area (Å²) in [6, 6.07) is 34.3. The monoisotopic (exact) mass is 907 g/mol. The normalized spacial score (nSPS) is 10.3. The van der Waals surface area contributed by atoms with Crippen LogP contribution in [0.3, 0.4) is 0 Å². The molecular weight excluding hydrogens is 854 g/mol.